The van der Waals surface area contributed by atoms with Crippen LogP contribution < -0.4 is 21.0 Å². The number of nitrogens with zero attached hydrogens (tertiary/aromatic N) is 1. The van der Waals surface area contributed by atoms with E-state index in [1.54, 1.807) is 0 Å². The molecule has 10 nitrogen and oxygen atoms in total. The van der Waals surface area contributed by atoms with E-state index in [1.165, 1.54) is 0 Å². The first kappa shape index (κ1) is 17.2. The second kappa shape index (κ2) is 6.13. The van der Waals surface area contributed by atoms with Crippen LogP contribution in [0.1, 0.15) is 12.6 Å². The summed E-state index contributed by atoms with van der Waals surface area (Å²) in [6.07, 6.45) is -6.19. The maximum atomic E-state index is 13.3. The van der Waals surface area contributed by atoms with Crippen LogP contribution in [0.25, 0.3) is 0 Å². The van der Waals surface area contributed by atoms with Crippen molar-refractivity contribution >= 4 is 7.94 Å². The van der Waals surface area contributed by atoms with Gasteiger partial charge in [-0.1, -0.05) is 0 Å². The average Bonchev–Trinajstić information content (AvgIpc) is 2.66. The number of aromatic amines is 1. The van der Waals surface area contributed by atoms with Crippen LogP contribution >= 0.6 is 7.94 Å². The molecule has 1 aliphatic rings. The number of aliphatic hydroxyl groups excluding tert-OH is 2. The molecule has 1 aliphatic heterocycles. The summed E-state index contributed by atoms with van der Waals surface area (Å²) in [5.41, 5.74) is -1.62. The molecule has 1 saturated heterocycles. The Morgan fingerprint density at radius 2 is 2.05 bits per heavy atom. The van der Waals surface area contributed by atoms with Gasteiger partial charge in [-0.05, 0) is 0 Å². The highest BCUT2D eigenvalue weighted by atomic mass is 31.2. The third-order valence-corrected chi connectivity index (χ3v) is 4.16. The van der Waals surface area contributed by atoms with E-state index in [2.05, 4.69) is 0 Å². The van der Waals surface area contributed by atoms with Gasteiger partial charge in [0.05, 0.1) is 14.0 Å². The minimum Gasteiger partial charge on any atom is -0.657 e. The summed E-state index contributed by atoms with van der Waals surface area (Å²) in [6.45, 7) is 0. The summed E-state index contributed by atoms with van der Waals surface area (Å²) in [7, 11) is -5.27. The SMILES string of the molecule is O=c1ccn([C@@H]2O[C@H](CC(F)[P+]([O-])([O-])O)[C@@H](O)[C@H]2O)c(=O)[nH]1. The van der Waals surface area contributed by atoms with E-state index in [0.717, 1.165) is 16.8 Å². The van der Waals surface area contributed by atoms with Gasteiger partial charge < -0.3 is 24.7 Å². The smallest absolute Gasteiger partial charge is 0.330 e. The fourth-order valence-electron chi connectivity index (χ4n) is 2.11. The number of hydrogen-bond acceptors (Lipinski definition) is 8. The number of halogens is 1. The van der Waals surface area contributed by atoms with Crippen LogP contribution in [-0.2, 0) is 4.74 Å². The van der Waals surface area contributed by atoms with Crippen molar-refractivity contribution in [3.63, 3.8) is 0 Å². The molecule has 22 heavy (non-hydrogen) atoms. The Morgan fingerprint density at radius 3 is 2.59 bits per heavy atom. The summed E-state index contributed by atoms with van der Waals surface area (Å²) >= 11 is 0. The quantitative estimate of drug-likeness (QED) is 0.406. The molecule has 1 unspecified atom stereocenters. The molecule has 1 aromatic heterocycles. The van der Waals surface area contributed by atoms with Crippen LogP contribution in [0.5, 0.6) is 0 Å². The predicted molar refractivity (Wildman–Crippen MR) is 65.9 cm³/mol. The zero-order valence-electron chi connectivity index (χ0n) is 10.9. The van der Waals surface area contributed by atoms with E-state index >= 15 is 0 Å². The van der Waals surface area contributed by atoms with E-state index < -0.39 is 56.1 Å². The van der Waals surface area contributed by atoms with Crippen molar-refractivity contribution in [1.29, 1.82) is 0 Å². The van der Waals surface area contributed by atoms with E-state index in [0.29, 0.717) is 0 Å². The normalized spacial score (nSPS) is 30.5. The van der Waals surface area contributed by atoms with Gasteiger partial charge in [-0.3, -0.25) is 19.2 Å². The molecule has 0 radical (unpaired) electrons. The summed E-state index contributed by atoms with van der Waals surface area (Å²) in [5, 5.41) is 19.6. The molecule has 1 fully saturated rings. The Labute approximate surface area is 122 Å². The van der Waals surface area contributed by atoms with Crippen LogP contribution in [-0.4, -0.2) is 48.9 Å². The Balaban J connectivity index is 2.20. The lowest BCUT2D eigenvalue weighted by atomic mass is 10.1. The molecule has 0 aromatic carbocycles. The first-order chi connectivity index (χ1) is 10.1. The van der Waals surface area contributed by atoms with Crippen molar-refractivity contribution in [2.75, 3.05) is 0 Å². The van der Waals surface area contributed by atoms with E-state index in [1.807, 2.05) is 4.98 Å². The molecule has 2 heterocycles. The molecular formula is C10H13FN2O8P-. The highest BCUT2D eigenvalue weighted by Gasteiger charge is 2.46. The molecule has 5 atom stereocenters. The van der Waals surface area contributed by atoms with Gasteiger partial charge >= 0.3 is 5.69 Å². The molecule has 0 spiro atoms. The van der Waals surface area contributed by atoms with Gasteiger partial charge in [-0.25, -0.2) is 9.18 Å². The number of nitrogens with one attached hydrogen (secondary N) is 1. The zero-order chi connectivity index (χ0) is 16.7. The first-order valence-electron chi connectivity index (χ1n) is 6.12. The third kappa shape index (κ3) is 3.41. The highest BCUT2D eigenvalue weighted by molar-refractivity contribution is 7.56. The Kier molecular flexibility index (Phi) is 4.78. The van der Waals surface area contributed by atoms with Crippen molar-refractivity contribution in [3.05, 3.63) is 33.1 Å². The molecule has 4 N–H and O–H groups in total. The van der Waals surface area contributed by atoms with Gasteiger partial charge in [0.1, 0.15) is 12.2 Å². The Hall–Kier alpha value is -1.20. The van der Waals surface area contributed by atoms with E-state index in [4.69, 9.17) is 9.63 Å². The van der Waals surface area contributed by atoms with E-state index in [9.17, 15) is 34.0 Å². The van der Waals surface area contributed by atoms with Gasteiger partial charge in [0.15, 0.2) is 6.23 Å². The van der Waals surface area contributed by atoms with Crippen LogP contribution in [0.4, 0.5) is 4.39 Å². The molecule has 0 saturated carbocycles. The van der Waals surface area contributed by atoms with Gasteiger partial charge in [-0.2, -0.15) is 0 Å². The Morgan fingerprint density at radius 1 is 1.41 bits per heavy atom. The number of aliphatic hydroxyl groups is 2. The number of aromatic nitrogens is 2. The fraction of sp³-hybridized carbons (Fsp3) is 0.600. The number of alkyl halides is 1. The van der Waals surface area contributed by atoms with Gasteiger partial charge in [0.2, 0.25) is 5.91 Å². The lowest BCUT2D eigenvalue weighted by Gasteiger charge is -2.32. The number of H-pyrrole nitrogens is 1. The minimum atomic E-state index is -5.27. The van der Waals surface area contributed by atoms with Crippen molar-refractivity contribution in [3.8, 4) is 0 Å². The Bertz CT molecular complexity index is 643. The maximum absolute atomic E-state index is 13.3. The molecule has 1 aromatic rings. The van der Waals surface area contributed by atoms with Crippen molar-refractivity contribution in [2.45, 2.75) is 36.9 Å². The first-order valence-corrected chi connectivity index (χ1v) is 7.76. The molecular weight excluding hydrogens is 326 g/mol. The summed E-state index contributed by atoms with van der Waals surface area (Å²) in [4.78, 5) is 54.4. The lowest BCUT2D eigenvalue weighted by Crippen LogP contribution is -2.38. The second-order valence-corrected chi connectivity index (χ2v) is 6.49. The van der Waals surface area contributed by atoms with Crippen LogP contribution in [0.15, 0.2) is 21.9 Å². The third-order valence-electron chi connectivity index (χ3n) is 3.24. The number of rotatable bonds is 4. The highest BCUT2D eigenvalue weighted by Crippen LogP contribution is 2.45. The lowest BCUT2D eigenvalue weighted by molar-refractivity contribution is -0.339. The number of hydrogen-bond donors (Lipinski definition) is 4. The second-order valence-electron chi connectivity index (χ2n) is 4.80. The number of ether oxygens (including phenoxy) is 1. The summed E-state index contributed by atoms with van der Waals surface area (Å²) in [6, 6.07) is 0.967. The van der Waals surface area contributed by atoms with Gasteiger partial charge in [0.25, 0.3) is 5.56 Å². The monoisotopic (exact) mass is 339 g/mol. The van der Waals surface area contributed by atoms with Crippen LogP contribution in [0.2, 0.25) is 0 Å². The van der Waals surface area contributed by atoms with Gasteiger partial charge in [0, 0.05) is 18.7 Å². The van der Waals surface area contributed by atoms with Crippen LogP contribution in [0.3, 0.4) is 0 Å². The van der Waals surface area contributed by atoms with Gasteiger partial charge in [-0.15, -0.1) is 0 Å². The van der Waals surface area contributed by atoms with Crippen LogP contribution in [0, 0.1) is 0 Å². The minimum absolute atomic E-state index is 0.692. The van der Waals surface area contributed by atoms with Crippen molar-refractivity contribution < 1.29 is 34.0 Å². The topological polar surface area (TPSA) is 171 Å². The van der Waals surface area contributed by atoms with Crippen molar-refractivity contribution in [1.82, 2.24) is 9.55 Å². The van der Waals surface area contributed by atoms with E-state index in [-0.39, 0.29) is 0 Å². The summed E-state index contributed by atoms with van der Waals surface area (Å²) in [5.74, 6) is -2.69. The van der Waals surface area contributed by atoms with Crippen molar-refractivity contribution in [2.24, 2.45) is 0 Å². The predicted octanol–water partition coefficient (Wildman–Crippen LogP) is -3.68. The zero-order valence-corrected chi connectivity index (χ0v) is 11.8. The summed E-state index contributed by atoms with van der Waals surface area (Å²) < 4.78 is 19.2. The standard InChI is InChI=1S/C10H14FN2O8P/c11-5(22(18,19)20)3-4-7(15)8(16)9(21-4)13-2-1-6(14)12-10(13)17/h1-2,4-5,7-9,15-16H,3H2,(H,12,14,17)(H2,18,19,20)/p-1/t4-,5?,7-,8-,9-/m1/s1. The molecule has 2 rings (SSSR count). The average molecular weight is 339 g/mol. The molecule has 0 amide bonds. The molecule has 0 aliphatic carbocycles. The molecule has 12 heteroatoms. The largest absolute Gasteiger partial charge is 0.657 e. The fourth-order valence-corrected chi connectivity index (χ4v) is 2.58. The molecule has 0 bridgehead atoms. The molecule has 124 valence electrons. The maximum Gasteiger partial charge on any atom is 0.330 e.